The number of nitrogens with one attached hydrogen (secondary N) is 1. The van der Waals surface area contributed by atoms with Crippen LogP contribution in [0.3, 0.4) is 0 Å². The van der Waals surface area contributed by atoms with Crippen molar-refractivity contribution in [1.29, 1.82) is 0 Å². The molecule has 98 valence electrons. The number of hydrogen-bond acceptors (Lipinski definition) is 3. The number of carboxylic acids is 1. The maximum Gasteiger partial charge on any atom is 0.335 e. The molecule has 1 aromatic heterocycles. The molecule has 0 saturated heterocycles. The summed E-state index contributed by atoms with van der Waals surface area (Å²) in [5.74, 6) is -0.761. The van der Waals surface area contributed by atoms with Crippen LogP contribution in [0.5, 0.6) is 0 Å². The third-order valence-corrected chi connectivity index (χ3v) is 2.69. The molecule has 1 atom stereocenters. The molecule has 1 heterocycles. The molecule has 5 nitrogen and oxygen atoms in total. The van der Waals surface area contributed by atoms with Crippen LogP contribution in [-0.4, -0.2) is 17.0 Å². The van der Waals surface area contributed by atoms with Gasteiger partial charge in [-0.05, 0) is 37.3 Å². The summed E-state index contributed by atoms with van der Waals surface area (Å²) < 4.78 is 5.19. The van der Waals surface area contributed by atoms with Crippen molar-refractivity contribution in [3.63, 3.8) is 0 Å². The Hall–Kier alpha value is -2.56. The molecule has 0 aliphatic carbocycles. The molecule has 0 saturated carbocycles. The molecule has 0 aliphatic rings. The quantitative estimate of drug-likeness (QED) is 0.883. The second-order valence-corrected chi connectivity index (χ2v) is 4.10. The van der Waals surface area contributed by atoms with E-state index in [1.807, 2.05) is 0 Å². The van der Waals surface area contributed by atoms with Gasteiger partial charge in [0.1, 0.15) is 5.76 Å². The molecule has 5 heteroatoms. The summed E-state index contributed by atoms with van der Waals surface area (Å²) in [5, 5.41) is 11.6. The van der Waals surface area contributed by atoms with E-state index in [4.69, 9.17) is 9.52 Å². The molecular formula is C14H13NO4. The summed E-state index contributed by atoms with van der Waals surface area (Å²) in [6.45, 7) is 1.79. The molecule has 2 N–H and O–H groups in total. The number of furan rings is 1. The molecule has 1 amide bonds. The predicted molar refractivity (Wildman–Crippen MR) is 68.0 cm³/mol. The number of carbonyl (C=O) groups is 2. The number of benzene rings is 1. The molecule has 0 fully saturated rings. The Bertz CT molecular complexity index is 589. The number of hydrogen-bond donors (Lipinski definition) is 2. The van der Waals surface area contributed by atoms with Crippen molar-refractivity contribution in [3.8, 4) is 0 Å². The van der Waals surface area contributed by atoms with Gasteiger partial charge in [0.25, 0.3) is 5.91 Å². The van der Waals surface area contributed by atoms with Crippen LogP contribution in [-0.2, 0) is 0 Å². The van der Waals surface area contributed by atoms with E-state index in [-0.39, 0.29) is 17.5 Å². The van der Waals surface area contributed by atoms with Crippen LogP contribution in [0, 0.1) is 0 Å². The number of aromatic carboxylic acids is 1. The molecule has 0 spiro atoms. The van der Waals surface area contributed by atoms with Gasteiger partial charge in [-0.2, -0.15) is 0 Å². The van der Waals surface area contributed by atoms with Crippen LogP contribution in [0.1, 0.15) is 39.4 Å². The Labute approximate surface area is 109 Å². The highest BCUT2D eigenvalue weighted by Gasteiger charge is 2.14. The SMILES string of the molecule is CC(NC(=O)c1cccc(C(=O)O)c1)c1ccco1. The smallest absolute Gasteiger partial charge is 0.335 e. The summed E-state index contributed by atoms with van der Waals surface area (Å²) in [6.07, 6.45) is 1.53. The minimum absolute atomic E-state index is 0.0818. The average molecular weight is 259 g/mol. The van der Waals surface area contributed by atoms with E-state index in [1.165, 1.54) is 24.5 Å². The van der Waals surface area contributed by atoms with Gasteiger partial charge in [-0.25, -0.2) is 4.79 Å². The van der Waals surface area contributed by atoms with Gasteiger partial charge in [0.2, 0.25) is 0 Å². The highest BCUT2D eigenvalue weighted by atomic mass is 16.4. The van der Waals surface area contributed by atoms with Crippen molar-refractivity contribution in [2.24, 2.45) is 0 Å². The van der Waals surface area contributed by atoms with Gasteiger partial charge in [-0.15, -0.1) is 0 Å². The monoisotopic (exact) mass is 259 g/mol. The van der Waals surface area contributed by atoms with Crippen molar-refractivity contribution in [2.45, 2.75) is 13.0 Å². The first-order valence-electron chi connectivity index (χ1n) is 5.75. The van der Waals surface area contributed by atoms with Crippen LogP contribution >= 0.6 is 0 Å². The van der Waals surface area contributed by atoms with Crippen molar-refractivity contribution < 1.29 is 19.1 Å². The molecule has 1 aromatic carbocycles. The predicted octanol–water partition coefficient (Wildman–Crippen LogP) is 2.47. The molecule has 2 aromatic rings. The summed E-state index contributed by atoms with van der Waals surface area (Å²) >= 11 is 0. The molecule has 1 unspecified atom stereocenters. The number of amides is 1. The zero-order chi connectivity index (χ0) is 13.8. The van der Waals surface area contributed by atoms with Gasteiger partial charge < -0.3 is 14.8 Å². The van der Waals surface area contributed by atoms with E-state index < -0.39 is 5.97 Å². The van der Waals surface area contributed by atoms with Gasteiger partial charge in [-0.1, -0.05) is 6.07 Å². The summed E-state index contributed by atoms with van der Waals surface area (Å²) in [6, 6.07) is 9.10. The van der Waals surface area contributed by atoms with Gasteiger partial charge in [0, 0.05) is 5.56 Å². The number of rotatable bonds is 4. The highest BCUT2D eigenvalue weighted by Crippen LogP contribution is 2.13. The third-order valence-electron chi connectivity index (χ3n) is 2.69. The van der Waals surface area contributed by atoms with Crippen molar-refractivity contribution in [2.75, 3.05) is 0 Å². The molecule has 19 heavy (non-hydrogen) atoms. The van der Waals surface area contributed by atoms with E-state index in [0.717, 1.165) is 0 Å². The van der Waals surface area contributed by atoms with Gasteiger partial charge >= 0.3 is 5.97 Å². The van der Waals surface area contributed by atoms with Gasteiger partial charge in [-0.3, -0.25) is 4.79 Å². The van der Waals surface area contributed by atoms with Crippen molar-refractivity contribution in [3.05, 3.63) is 59.5 Å². The number of carbonyl (C=O) groups excluding carboxylic acids is 1. The fourth-order valence-corrected chi connectivity index (χ4v) is 1.68. The van der Waals surface area contributed by atoms with Crippen LogP contribution in [0.4, 0.5) is 0 Å². The maximum atomic E-state index is 12.0. The lowest BCUT2D eigenvalue weighted by atomic mass is 10.1. The van der Waals surface area contributed by atoms with Crippen LogP contribution in [0.25, 0.3) is 0 Å². The maximum absolute atomic E-state index is 12.0. The van der Waals surface area contributed by atoms with E-state index >= 15 is 0 Å². The van der Waals surface area contributed by atoms with Gasteiger partial charge in [0.05, 0.1) is 17.9 Å². The molecular weight excluding hydrogens is 246 g/mol. The lowest BCUT2D eigenvalue weighted by molar-refractivity contribution is 0.0697. The Morgan fingerprint density at radius 2 is 1.95 bits per heavy atom. The second kappa shape index (κ2) is 5.39. The molecule has 0 bridgehead atoms. The topological polar surface area (TPSA) is 79.5 Å². The van der Waals surface area contributed by atoms with E-state index in [9.17, 15) is 9.59 Å². The van der Waals surface area contributed by atoms with E-state index in [0.29, 0.717) is 11.3 Å². The van der Waals surface area contributed by atoms with E-state index in [1.54, 1.807) is 25.1 Å². The van der Waals surface area contributed by atoms with Crippen LogP contribution < -0.4 is 5.32 Å². The Morgan fingerprint density at radius 1 is 1.21 bits per heavy atom. The summed E-state index contributed by atoms with van der Waals surface area (Å²) in [7, 11) is 0. The Balaban J connectivity index is 2.12. The zero-order valence-corrected chi connectivity index (χ0v) is 10.3. The van der Waals surface area contributed by atoms with Crippen LogP contribution in [0.15, 0.2) is 47.1 Å². The standard InChI is InChI=1S/C14H13NO4/c1-9(12-6-3-7-19-12)15-13(16)10-4-2-5-11(8-10)14(17)18/h2-9H,1H3,(H,15,16)(H,17,18). The first-order valence-corrected chi connectivity index (χ1v) is 5.75. The average Bonchev–Trinajstić information content (AvgIpc) is 2.92. The van der Waals surface area contributed by atoms with Crippen LogP contribution in [0.2, 0.25) is 0 Å². The lowest BCUT2D eigenvalue weighted by Crippen LogP contribution is -2.26. The number of carboxylic acid groups (broad SMARTS) is 1. The van der Waals surface area contributed by atoms with Gasteiger partial charge in [0.15, 0.2) is 0 Å². The highest BCUT2D eigenvalue weighted by molar-refractivity contribution is 5.97. The largest absolute Gasteiger partial charge is 0.478 e. The first kappa shape index (κ1) is 12.9. The molecule has 0 radical (unpaired) electrons. The van der Waals surface area contributed by atoms with E-state index in [2.05, 4.69) is 5.32 Å². The summed E-state index contributed by atoms with van der Waals surface area (Å²) in [5.41, 5.74) is 0.386. The fraction of sp³-hybridized carbons (Fsp3) is 0.143. The normalized spacial score (nSPS) is 11.8. The third kappa shape index (κ3) is 3.01. The minimum atomic E-state index is -1.06. The lowest BCUT2D eigenvalue weighted by Gasteiger charge is -2.11. The second-order valence-electron chi connectivity index (χ2n) is 4.10. The first-order chi connectivity index (χ1) is 9.08. The zero-order valence-electron chi connectivity index (χ0n) is 10.3. The van der Waals surface area contributed by atoms with Crippen molar-refractivity contribution >= 4 is 11.9 Å². The molecule has 0 aliphatic heterocycles. The Kier molecular flexibility index (Phi) is 3.66. The fourth-order valence-electron chi connectivity index (χ4n) is 1.68. The summed E-state index contributed by atoms with van der Waals surface area (Å²) in [4.78, 5) is 22.8. The Morgan fingerprint density at radius 3 is 2.58 bits per heavy atom. The molecule has 2 rings (SSSR count). The van der Waals surface area contributed by atoms with Crippen molar-refractivity contribution in [1.82, 2.24) is 5.32 Å². The minimum Gasteiger partial charge on any atom is -0.478 e.